The summed E-state index contributed by atoms with van der Waals surface area (Å²) in [6, 6.07) is 8.28. The highest BCUT2D eigenvalue weighted by atomic mass is 32.2. The van der Waals surface area contributed by atoms with Gasteiger partial charge < -0.3 is 19.2 Å². The quantitative estimate of drug-likeness (QED) is 0.373. The number of fused-ring (bicyclic) bond motifs is 2. The second-order valence-corrected chi connectivity index (χ2v) is 12.5. The third-order valence-corrected chi connectivity index (χ3v) is 9.42. The second kappa shape index (κ2) is 10.5. The fraction of sp³-hybridized carbons (Fsp3) is 0.519. The van der Waals surface area contributed by atoms with Crippen molar-refractivity contribution in [2.24, 2.45) is 0 Å². The van der Waals surface area contributed by atoms with E-state index in [9.17, 15) is 8.42 Å². The molecule has 0 amide bonds. The summed E-state index contributed by atoms with van der Waals surface area (Å²) in [5, 5.41) is 1.09. The number of H-pyrrole nitrogens is 1. The fourth-order valence-electron chi connectivity index (χ4n) is 5.79. The van der Waals surface area contributed by atoms with Gasteiger partial charge in [0, 0.05) is 68.5 Å². The van der Waals surface area contributed by atoms with Crippen molar-refractivity contribution >= 4 is 37.9 Å². The van der Waals surface area contributed by atoms with Crippen molar-refractivity contribution in [1.29, 1.82) is 0 Å². The van der Waals surface area contributed by atoms with Gasteiger partial charge in [0.25, 0.3) is 0 Å². The van der Waals surface area contributed by atoms with Gasteiger partial charge in [-0.2, -0.15) is 0 Å². The molecule has 1 aromatic carbocycles. The largest absolute Gasteiger partial charge is 0.378 e. The van der Waals surface area contributed by atoms with Crippen molar-refractivity contribution in [3.63, 3.8) is 0 Å². The lowest BCUT2D eigenvalue weighted by Crippen LogP contribution is -2.45. The van der Waals surface area contributed by atoms with Gasteiger partial charge in [-0.1, -0.05) is 12.1 Å². The molecule has 0 radical (unpaired) electrons. The van der Waals surface area contributed by atoms with Crippen LogP contribution in [0.5, 0.6) is 0 Å². The summed E-state index contributed by atoms with van der Waals surface area (Å²) in [6.45, 7) is 8.03. The predicted octanol–water partition coefficient (Wildman–Crippen LogP) is 2.69. The van der Waals surface area contributed by atoms with E-state index in [1.165, 1.54) is 10.6 Å². The number of imidazole rings is 1. The maximum atomic E-state index is 12.0. The third kappa shape index (κ3) is 5.02. The van der Waals surface area contributed by atoms with Crippen molar-refractivity contribution < 1.29 is 13.2 Å². The number of aromatic nitrogens is 5. The van der Waals surface area contributed by atoms with Crippen molar-refractivity contribution in [3.05, 3.63) is 36.3 Å². The van der Waals surface area contributed by atoms with Crippen LogP contribution in [0.25, 0.3) is 33.5 Å². The molecule has 2 fully saturated rings. The molecule has 3 aromatic heterocycles. The molecule has 5 heterocycles. The summed E-state index contributed by atoms with van der Waals surface area (Å²) in [5.41, 5.74) is 3.72. The summed E-state index contributed by atoms with van der Waals surface area (Å²) >= 11 is 0. The Morgan fingerprint density at radius 2 is 1.85 bits per heavy atom. The van der Waals surface area contributed by atoms with E-state index in [0.29, 0.717) is 25.6 Å². The van der Waals surface area contributed by atoms with E-state index in [4.69, 9.17) is 19.7 Å². The molecule has 0 bridgehead atoms. The lowest BCUT2D eigenvalue weighted by atomic mass is 10.1. The summed E-state index contributed by atoms with van der Waals surface area (Å²) in [6.07, 6.45) is 4.83. The van der Waals surface area contributed by atoms with E-state index in [0.717, 1.165) is 84.8 Å². The van der Waals surface area contributed by atoms with Crippen LogP contribution in [0, 0.1) is 0 Å². The van der Waals surface area contributed by atoms with E-state index in [2.05, 4.69) is 44.5 Å². The third-order valence-electron chi connectivity index (χ3n) is 8.08. The first-order valence-corrected chi connectivity index (χ1v) is 15.5. The molecule has 11 nitrogen and oxygen atoms in total. The Balaban J connectivity index is 1.37. The lowest BCUT2D eigenvalue weighted by Gasteiger charge is -2.35. The van der Waals surface area contributed by atoms with E-state index in [1.54, 1.807) is 7.05 Å². The Hall–Kier alpha value is -3.06. The number of nitrogens with zero attached hydrogens (tertiary/aromatic N) is 7. The predicted molar refractivity (Wildman–Crippen MR) is 152 cm³/mol. The number of aromatic amines is 1. The van der Waals surface area contributed by atoms with Crippen LogP contribution in [0.1, 0.15) is 25.6 Å². The summed E-state index contributed by atoms with van der Waals surface area (Å²) in [4.78, 5) is 23.3. The molecule has 2 saturated heterocycles. The maximum Gasteiger partial charge on any atom is 0.211 e. The zero-order valence-electron chi connectivity index (χ0n) is 22.8. The highest BCUT2D eigenvalue weighted by Gasteiger charge is 2.29. The number of aryl methyl sites for hydroxylation is 1. The topological polar surface area (TPSA) is 112 Å². The van der Waals surface area contributed by atoms with Gasteiger partial charge in [0.1, 0.15) is 5.82 Å². The number of morpholine rings is 1. The normalized spacial score (nSPS) is 18.1. The molecule has 39 heavy (non-hydrogen) atoms. The molecular formula is C27H36N8O3S. The molecule has 12 heteroatoms. The van der Waals surface area contributed by atoms with Gasteiger partial charge in [0.05, 0.1) is 26.0 Å². The molecule has 0 unspecified atom stereocenters. The van der Waals surface area contributed by atoms with Crippen LogP contribution >= 0.6 is 0 Å². The van der Waals surface area contributed by atoms with Crippen LogP contribution in [0.3, 0.4) is 0 Å². The number of nitrogens with one attached hydrogen (secondary N) is 1. The smallest absolute Gasteiger partial charge is 0.211 e. The van der Waals surface area contributed by atoms with Crippen molar-refractivity contribution in [1.82, 2.24) is 33.7 Å². The zero-order valence-corrected chi connectivity index (χ0v) is 23.6. The van der Waals surface area contributed by atoms with Gasteiger partial charge in [-0.25, -0.2) is 27.7 Å². The standard InChI is InChI=1S/C27H36N8O3S/c1-4-35-23(18-33-12-9-19(10-13-33)32(2)39(3,36)37)29-24-26(34-14-16-38-17-15-34)30-25(31-27(24)35)21-6-5-7-22-20(21)8-11-28-22/h5-8,11,19,28H,4,9-10,12-18H2,1-3H3. The lowest BCUT2D eigenvalue weighted by molar-refractivity contribution is 0.122. The number of ether oxygens (including phenoxy) is 1. The summed E-state index contributed by atoms with van der Waals surface area (Å²) < 4.78 is 33.4. The van der Waals surface area contributed by atoms with E-state index in [-0.39, 0.29) is 6.04 Å². The van der Waals surface area contributed by atoms with Crippen molar-refractivity contribution in [2.75, 3.05) is 57.6 Å². The molecule has 6 rings (SSSR count). The zero-order chi connectivity index (χ0) is 27.1. The molecule has 2 aliphatic heterocycles. The van der Waals surface area contributed by atoms with Gasteiger partial charge >= 0.3 is 0 Å². The molecule has 4 aromatic rings. The highest BCUT2D eigenvalue weighted by molar-refractivity contribution is 7.88. The number of piperidine rings is 1. The Morgan fingerprint density at radius 1 is 1.08 bits per heavy atom. The minimum absolute atomic E-state index is 0.0405. The first kappa shape index (κ1) is 26.2. The SMILES string of the molecule is CCn1c(CN2CCC(N(C)S(C)(=O)=O)CC2)nc2c(N3CCOCC3)nc(-c3cccc4[nH]ccc34)nc21. The molecular weight excluding hydrogens is 516 g/mol. The first-order chi connectivity index (χ1) is 18.8. The molecule has 2 aliphatic rings. The minimum atomic E-state index is -3.19. The summed E-state index contributed by atoms with van der Waals surface area (Å²) in [5.74, 6) is 2.51. The minimum Gasteiger partial charge on any atom is -0.378 e. The fourth-order valence-corrected chi connectivity index (χ4v) is 6.55. The number of benzene rings is 1. The van der Waals surface area contributed by atoms with Crippen LogP contribution in [0.4, 0.5) is 5.82 Å². The molecule has 0 atom stereocenters. The van der Waals surface area contributed by atoms with Crippen LogP contribution in [-0.2, 0) is 27.8 Å². The van der Waals surface area contributed by atoms with Gasteiger partial charge in [0.15, 0.2) is 22.8 Å². The van der Waals surface area contributed by atoms with Gasteiger partial charge in [-0.3, -0.25) is 4.90 Å². The average molecular weight is 553 g/mol. The highest BCUT2D eigenvalue weighted by Crippen LogP contribution is 2.32. The van der Waals surface area contributed by atoms with Crippen LogP contribution in [-0.4, -0.2) is 101 Å². The number of anilines is 1. The van der Waals surface area contributed by atoms with Gasteiger partial charge in [0.2, 0.25) is 10.0 Å². The molecule has 0 spiro atoms. The van der Waals surface area contributed by atoms with Gasteiger partial charge in [-0.15, -0.1) is 0 Å². The number of sulfonamides is 1. The Morgan fingerprint density at radius 3 is 2.56 bits per heavy atom. The number of rotatable bonds is 7. The second-order valence-electron chi connectivity index (χ2n) is 10.4. The van der Waals surface area contributed by atoms with E-state index in [1.807, 2.05) is 12.3 Å². The van der Waals surface area contributed by atoms with Crippen molar-refractivity contribution in [3.8, 4) is 11.4 Å². The number of hydrogen-bond acceptors (Lipinski definition) is 8. The first-order valence-electron chi connectivity index (χ1n) is 13.6. The van der Waals surface area contributed by atoms with E-state index >= 15 is 0 Å². The summed E-state index contributed by atoms with van der Waals surface area (Å²) in [7, 11) is -1.51. The molecule has 0 saturated carbocycles. The van der Waals surface area contributed by atoms with Crippen LogP contribution < -0.4 is 4.90 Å². The van der Waals surface area contributed by atoms with Crippen LogP contribution in [0.2, 0.25) is 0 Å². The molecule has 0 aliphatic carbocycles. The molecule has 208 valence electrons. The average Bonchev–Trinajstić information content (AvgIpc) is 3.56. The van der Waals surface area contributed by atoms with E-state index < -0.39 is 10.0 Å². The monoisotopic (exact) mass is 552 g/mol. The van der Waals surface area contributed by atoms with Crippen molar-refractivity contribution in [2.45, 2.75) is 38.9 Å². The number of likely N-dealkylation sites (tertiary alicyclic amines) is 1. The maximum absolute atomic E-state index is 12.0. The Labute approximate surface area is 228 Å². The Bertz CT molecular complexity index is 1580. The molecule has 1 N–H and O–H groups in total. The van der Waals surface area contributed by atoms with Gasteiger partial charge in [-0.05, 0) is 31.9 Å². The number of hydrogen-bond donors (Lipinski definition) is 1. The Kier molecular flexibility index (Phi) is 7.04. The van der Waals surface area contributed by atoms with Crippen LogP contribution in [0.15, 0.2) is 30.5 Å².